The molecule has 0 unspecified atom stereocenters. The number of anilines is 1. The van der Waals surface area contributed by atoms with E-state index in [-0.39, 0.29) is 19.2 Å². The molecule has 1 aromatic rings. The van der Waals surface area contributed by atoms with Crippen LogP contribution in [0, 0.1) is 0 Å². The normalized spacial score (nSPS) is 25.3. The number of hydrogen-bond acceptors (Lipinski definition) is 11. The molecular formula is C16H28N4O7. The molecule has 1 aromatic heterocycles. The molecule has 6 N–H and O–H groups in total. The third-order valence-electron chi connectivity index (χ3n) is 3.87. The molecule has 11 nitrogen and oxygen atoms in total. The highest BCUT2D eigenvalue weighted by atomic mass is 16.5. The van der Waals surface area contributed by atoms with Crippen LogP contribution in [0.4, 0.5) is 5.95 Å². The Kier molecular flexibility index (Phi) is 9.62. The van der Waals surface area contributed by atoms with Gasteiger partial charge in [-0.1, -0.05) is 0 Å². The Morgan fingerprint density at radius 1 is 1.15 bits per heavy atom. The average Bonchev–Trinajstić information content (AvgIpc) is 2.68. The molecule has 0 saturated carbocycles. The molecular weight excluding hydrogens is 360 g/mol. The second kappa shape index (κ2) is 12.0. The monoisotopic (exact) mass is 388 g/mol. The molecule has 154 valence electrons. The maximum Gasteiger partial charge on any atom is 0.226 e. The van der Waals surface area contributed by atoms with Crippen LogP contribution in [0.5, 0.6) is 5.88 Å². The lowest BCUT2D eigenvalue weighted by Crippen LogP contribution is -2.56. The number of hydrogen-bond donors (Lipinski definition) is 5. The van der Waals surface area contributed by atoms with Gasteiger partial charge in [-0.05, 0) is 0 Å². The molecule has 0 bridgehead atoms. The highest BCUT2D eigenvalue weighted by molar-refractivity contribution is 5.30. The standard InChI is InChI=1S/C16H28N4O7/c17-2-4-24-5-6-25-7-8-26-13-1-3-18-16(20-13)19-11-10-27-12(9-21)15(23)14(11)22/h1,3,11-12,14-15,21-23H,2,4-10,17H2,(H,18,19,20)/t11-,12+,14+,15-/m0/s1. The van der Waals surface area contributed by atoms with Crippen molar-refractivity contribution in [3.63, 3.8) is 0 Å². The van der Waals surface area contributed by atoms with E-state index in [1.165, 1.54) is 6.20 Å². The van der Waals surface area contributed by atoms with Crippen molar-refractivity contribution >= 4 is 5.95 Å². The van der Waals surface area contributed by atoms with Crippen LogP contribution in [-0.2, 0) is 14.2 Å². The number of aliphatic hydroxyl groups excluding tert-OH is 3. The maximum atomic E-state index is 10.1. The molecule has 27 heavy (non-hydrogen) atoms. The first-order chi connectivity index (χ1) is 13.2. The molecule has 1 aliphatic heterocycles. The van der Waals surface area contributed by atoms with Crippen LogP contribution in [0.3, 0.4) is 0 Å². The molecule has 0 radical (unpaired) electrons. The van der Waals surface area contributed by atoms with Gasteiger partial charge in [0.2, 0.25) is 11.8 Å². The van der Waals surface area contributed by atoms with Gasteiger partial charge < -0.3 is 45.3 Å². The van der Waals surface area contributed by atoms with Gasteiger partial charge in [0.15, 0.2) is 0 Å². The maximum absolute atomic E-state index is 10.1. The fraction of sp³-hybridized carbons (Fsp3) is 0.750. The predicted molar refractivity (Wildman–Crippen MR) is 94.5 cm³/mol. The van der Waals surface area contributed by atoms with Crippen LogP contribution in [0.1, 0.15) is 0 Å². The summed E-state index contributed by atoms with van der Waals surface area (Å²) in [6.45, 7) is 2.34. The summed E-state index contributed by atoms with van der Waals surface area (Å²) in [5.74, 6) is 0.571. The molecule has 0 aliphatic carbocycles. The topological polar surface area (TPSA) is 161 Å². The Hall–Kier alpha value is -1.60. The fourth-order valence-electron chi connectivity index (χ4n) is 2.44. The highest BCUT2D eigenvalue weighted by Crippen LogP contribution is 2.18. The lowest BCUT2D eigenvalue weighted by atomic mass is 9.98. The van der Waals surface area contributed by atoms with Gasteiger partial charge in [0.05, 0.1) is 45.7 Å². The molecule has 4 atom stereocenters. The van der Waals surface area contributed by atoms with Gasteiger partial charge in [0.25, 0.3) is 0 Å². The first-order valence-corrected chi connectivity index (χ1v) is 8.82. The zero-order valence-corrected chi connectivity index (χ0v) is 15.1. The quantitative estimate of drug-likeness (QED) is 0.246. The average molecular weight is 388 g/mol. The van der Waals surface area contributed by atoms with E-state index in [2.05, 4.69) is 15.3 Å². The molecule has 0 amide bonds. The molecule has 0 spiro atoms. The first-order valence-electron chi connectivity index (χ1n) is 8.82. The van der Waals surface area contributed by atoms with Gasteiger partial charge in [0.1, 0.15) is 24.9 Å². The minimum Gasteiger partial charge on any atom is -0.475 e. The Labute approximate surface area is 157 Å². The zero-order valence-electron chi connectivity index (χ0n) is 15.1. The van der Waals surface area contributed by atoms with Gasteiger partial charge in [-0.15, -0.1) is 0 Å². The smallest absolute Gasteiger partial charge is 0.226 e. The Morgan fingerprint density at radius 3 is 2.63 bits per heavy atom. The van der Waals surface area contributed by atoms with E-state index in [0.717, 1.165) is 0 Å². The summed E-state index contributed by atoms with van der Waals surface area (Å²) in [6, 6.07) is 0.981. The van der Waals surface area contributed by atoms with Crippen molar-refractivity contribution < 1.29 is 34.3 Å². The molecule has 2 heterocycles. The number of rotatable bonds is 12. The highest BCUT2D eigenvalue weighted by Gasteiger charge is 2.38. The number of aliphatic hydroxyl groups is 3. The number of nitrogens with two attached hydrogens (primary N) is 1. The van der Waals surface area contributed by atoms with Gasteiger partial charge >= 0.3 is 0 Å². The van der Waals surface area contributed by atoms with Crippen molar-refractivity contribution in [2.75, 3.05) is 58.1 Å². The number of nitrogens with one attached hydrogen (secondary N) is 1. The second-order valence-corrected chi connectivity index (χ2v) is 5.87. The van der Waals surface area contributed by atoms with E-state index < -0.39 is 24.4 Å². The summed E-state index contributed by atoms with van der Waals surface area (Å²) in [4.78, 5) is 8.25. The summed E-state index contributed by atoms with van der Waals surface area (Å²) < 4.78 is 21.3. The van der Waals surface area contributed by atoms with Crippen molar-refractivity contribution in [1.29, 1.82) is 0 Å². The predicted octanol–water partition coefficient (Wildman–Crippen LogP) is -2.26. The van der Waals surface area contributed by atoms with E-state index >= 15 is 0 Å². The van der Waals surface area contributed by atoms with Crippen molar-refractivity contribution in [3.8, 4) is 5.88 Å². The minimum absolute atomic E-state index is 0.0952. The number of aromatic nitrogens is 2. The van der Waals surface area contributed by atoms with Crippen molar-refractivity contribution in [2.45, 2.75) is 24.4 Å². The van der Waals surface area contributed by atoms with Crippen molar-refractivity contribution in [3.05, 3.63) is 12.3 Å². The van der Waals surface area contributed by atoms with Gasteiger partial charge in [0, 0.05) is 18.8 Å². The number of ether oxygens (including phenoxy) is 4. The fourth-order valence-corrected chi connectivity index (χ4v) is 2.44. The van der Waals surface area contributed by atoms with Gasteiger partial charge in [-0.3, -0.25) is 0 Å². The van der Waals surface area contributed by atoms with Crippen molar-refractivity contribution in [2.24, 2.45) is 5.73 Å². The summed E-state index contributed by atoms with van der Waals surface area (Å²) in [7, 11) is 0. The summed E-state index contributed by atoms with van der Waals surface area (Å²) in [5.41, 5.74) is 5.31. The van der Waals surface area contributed by atoms with Crippen LogP contribution >= 0.6 is 0 Å². The molecule has 2 rings (SSSR count). The van der Waals surface area contributed by atoms with E-state index in [9.17, 15) is 10.2 Å². The van der Waals surface area contributed by atoms with E-state index in [1.54, 1.807) is 6.07 Å². The van der Waals surface area contributed by atoms with E-state index in [1.807, 2.05) is 0 Å². The lowest BCUT2D eigenvalue weighted by molar-refractivity contribution is -0.152. The van der Waals surface area contributed by atoms with Crippen LogP contribution < -0.4 is 15.8 Å². The molecule has 0 aromatic carbocycles. The van der Waals surface area contributed by atoms with Crippen LogP contribution in [-0.4, -0.2) is 102 Å². The third kappa shape index (κ3) is 7.14. The largest absolute Gasteiger partial charge is 0.475 e. The summed E-state index contributed by atoms with van der Waals surface area (Å²) >= 11 is 0. The Balaban J connectivity index is 1.72. The molecule has 1 aliphatic rings. The van der Waals surface area contributed by atoms with Gasteiger partial charge in [-0.25, -0.2) is 4.98 Å². The molecule has 1 fully saturated rings. The van der Waals surface area contributed by atoms with Crippen LogP contribution in [0.15, 0.2) is 12.3 Å². The summed E-state index contributed by atoms with van der Waals surface area (Å²) in [5, 5.41) is 32.0. The number of nitrogens with zero attached hydrogens (tertiary/aromatic N) is 2. The van der Waals surface area contributed by atoms with E-state index in [0.29, 0.717) is 45.5 Å². The first kappa shape index (κ1) is 21.7. The van der Waals surface area contributed by atoms with Gasteiger partial charge in [-0.2, -0.15) is 4.98 Å². The molecule has 1 saturated heterocycles. The van der Waals surface area contributed by atoms with Crippen molar-refractivity contribution in [1.82, 2.24) is 9.97 Å². The Morgan fingerprint density at radius 2 is 1.89 bits per heavy atom. The van der Waals surface area contributed by atoms with Crippen LogP contribution in [0.2, 0.25) is 0 Å². The third-order valence-corrected chi connectivity index (χ3v) is 3.87. The molecule has 11 heteroatoms. The van der Waals surface area contributed by atoms with E-state index in [4.69, 9.17) is 29.8 Å². The lowest BCUT2D eigenvalue weighted by Gasteiger charge is -2.37. The minimum atomic E-state index is -1.20. The Bertz CT molecular complexity index is 539. The SMILES string of the molecule is NCCOCCOCCOc1ccnc(N[C@H]2CO[C@H](CO)[C@H](O)[C@@H]2O)n1. The van der Waals surface area contributed by atoms with Crippen LogP contribution in [0.25, 0.3) is 0 Å². The second-order valence-electron chi connectivity index (χ2n) is 5.87. The zero-order chi connectivity index (χ0) is 19.5. The summed E-state index contributed by atoms with van der Waals surface area (Å²) in [6.07, 6.45) is -1.63.